The molecule has 0 aromatic heterocycles. The normalized spacial score (nSPS) is 12.2. The zero-order chi connectivity index (χ0) is 9.56. The first-order chi connectivity index (χ1) is 5.54. The summed E-state index contributed by atoms with van der Waals surface area (Å²) in [5.41, 5.74) is 1.43. The van der Waals surface area contributed by atoms with Crippen molar-refractivity contribution in [3.05, 3.63) is 12.2 Å². The Hall–Kier alpha value is 0.170. The van der Waals surface area contributed by atoms with E-state index in [1.807, 2.05) is 0 Å². The molecule has 0 aliphatic heterocycles. The van der Waals surface area contributed by atoms with E-state index in [2.05, 4.69) is 34.3 Å². The van der Waals surface area contributed by atoms with E-state index in [1.165, 1.54) is 24.3 Å². The molecular formula is C11H23P. The Morgan fingerprint density at radius 2 is 1.83 bits per heavy atom. The summed E-state index contributed by atoms with van der Waals surface area (Å²) in [6.45, 7) is 13.1. The average molecular weight is 186 g/mol. The fraction of sp³-hybridized carbons (Fsp3) is 0.818. The van der Waals surface area contributed by atoms with E-state index < -0.39 is 0 Å². The summed E-state index contributed by atoms with van der Waals surface area (Å²) in [5, 5.41) is 0. The largest absolute Gasteiger partial charge is 0.118 e. The molecule has 0 aromatic rings. The Kier molecular flexibility index (Phi) is 6.76. The van der Waals surface area contributed by atoms with Gasteiger partial charge in [0.2, 0.25) is 0 Å². The molecule has 0 saturated carbocycles. The van der Waals surface area contributed by atoms with Gasteiger partial charge in [-0.1, -0.05) is 39.8 Å². The fourth-order valence-electron chi connectivity index (χ4n) is 0.844. The molecule has 72 valence electrons. The van der Waals surface area contributed by atoms with Crippen molar-refractivity contribution in [3.63, 3.8) is 0 Å². The first-order valence-electron chi connectivity index (χ1n) is 4.92. The predicted molar refractivity (Wildman–Crippen MR) is 61.5 cm³/mol. The van der Waals surface area contributed by atoms with E-state index in [1.54, 1.807) is 0 Å². The summed E-state index contributed by atoms with van der Waals surface area (Å²) in [6.07, 6.45) is 4.03. The van der Waals surface area contributed by atoms with Crippen LogP contribution in [0.25, 0.3) is 0 Å². The van der Waals surface area contributed by atoms with Crippen LogP contribution in [0.15, 0.2) is 12.2 Å². The van der Waals surface area contributed by atoms with Crippen LogP contribution < -0.4 is 0 Å². The lowest BCUT2D eigenvalue weighted by molar-refractivity contribution is 0.631. The summed E-state index contributed by atoms with van der Waals surface area (Å²) in [6, 6.07) is 0. The molecule has 0 amide bonds. The Balaban J connectivity index is 3.26. The second kappa shape index (κ2) is 6.66. The van der Waals surface area contributed by atoms with Gasteiger partial charge in [-0.3, -0.25) is 0 Å². The average Bonchev–Trinajstić information content (AvgIpc) is 1.97. The zero-order valence-electron chi connectivity index (χ0n) is 8.98. The lowest BCUT2D eigenvalue weighted by Crippen LogP contribution is -1.95. The molecule has 0 N–H and O–H groups in total. The lowest BCUT2D eigenvalue weighted by atomic mass is 10.1. The maximum atomic E-state index is 4.08. The molecular weight excluding hydrogens is 163 g/mol. The van der Waals surface area contributed by atoms with Crippen molar-refractivity contribution in [1.82, 2.24) is 0 Å². The fourth-order valence-corrected chi connectivity index (χ4v) is 2.53. The SMILES string of the molecule is C=C(CPCCC(C)C)C(C)C. The maximum absolute atomic E-state index is 4.08. The number of hydrogen-bond acceptors (Lipinski definition) is 0. The van der Waals surface area contributed by atoms with Crippen molar-refractivity contribution in [1.29, 1.82) is 0 Å². The van der Waals surface area contributed by atoms with E-state index >= 15 is 0 Å². The van der Waals surface area contributed by atoms with E-state index in [4.69, 9.17) is 0 Å². The minimum Gasteiger partial charge on any atom is -0.118 e. The van der Waals surface area contributed by atoms with Gasteiger partial charge in [-0.15, -0.1) is 8.58 Å². The third-order valence-electron chi connectivity index (χ3n) is 2.07. The predicted octanol–water partition coefficient (Wildman–Crippen LogP) is 3.92. The van der Waals surface area contributed by atoms with Gasteiger partial charge in [-0.25, -0.2) is 0 Å². The lowest BCUT2D eigenvalue weighted by Gasteiger charge is -2.09. The van der Waals surface area contributed by atoms with E-state index in [0.717, 1.165) is 14.5 Å². The molecule has 0 bridgehead atoms. The van der Waals surface area contributed by atoms with Gasteiger partial charge in [-0.05, 0) is 30.6 Å². The second-order valence-electron chi connectivity index (χ2n) is 4.17. The highest BCUT2D eigenvalue weighted by Crippen LogP contribution is 2.21. The van der Waals surface area contributed by atoms with Crippen LogP contribution in [-0.2, 0) is 0 Å². The molecule has 1 atom stereocenters. The summed E-state index contributed by atoms with van der Waals surface area (Å²) < 4.78 is 0. The quantitative estimate of drug-likeness (QED) is 0.335. The summed E-state index contributed by atoms with van der Waals surface area (Å²) >= 11 is 0. The number of rotatable bonds is 6. The Labute approximate surface area is 79.6 Å². The van der Waals surface area contributed by atoms with Crippen molar-refractivity contribution in [2.75, 3.05) is 12.3 Å². The second-order valence-corrected chi connectivity index (χ2v) is 5.53. The van der Waals surface area contributed by atoms with Gasteiger partial charge in [0.25, 0.3) is 0 Å². The molecule has 1 unspecified atom stereocenters. The van der Waals surface area contributed by atoms with Crippen LogP contribution in [0.2, 0.25) is 0 Å². The van der Waals surface area contributed by atoms with Gasteiger partial charge in [0.15, 0.2) is 0 Å². The van der Waals surface area contributed by atoms with Crippen molar-refractivity contribution in [2.45, 2.75) is 34.1 Å². The molecule has 12 heavy (non-hydrogen) atoms. The van der Waals surface area contributed by atoms with E-state index in [-0.39, 0.29) is 0 Å². The van der Waals surface area contributed by atoms with E-state index in [9.17, 15) is 0 Å². The van der Waals surface area contributed by atoms with Crippen molar-refractivity contribution >= 4 is 8.58 Å². The van der Waals surface area contributed by atoms with Gasteiger partial charge >= 0.3 is 0 Å². The smallest absolute Gasteiger partial charge is 0.0142 e. The minimum absolute atomic E-state index is 0.677. The van der Waals surface area contributed by atoms with Gasteiger partial charge in [-0.2, -0.15) is 0 Å². The van der Waals surface area contributed by atoms with Crippen LogP contribution in [0, 0.1) is 11.8 Å². The molecule has 0 aliphatic carbocycles. The number of allylic oxidation sites excluding steroid dienone is 1. The molecule has 1 heteroatoms. The Morgan fingerprint density at radius 1 is 1.25 bits per heavy atom. The monoisotopic (exact) mass is 186 g/mol. The van der Waals surface area contributed by atoms with Gasteiger partial charge in [0.1, 0.15) is 0 Å². The third-order valence-corrected chi connectivity index (χ3v) is 3.41. The van der Waals surface area contributed by atoms with Crippen molar-refractivity contribution in [3.8, 4) is 0 Å². The van der Waals surface area contributed by atoms with Crippen molar-refractivity contribution < 1.29 is 0 Å². The van der Waals surface area contributed by atoms with Crippen LogP contribution >= 0.6 is 8.58 Å². The van der Waals surface area contributed by atoms with Crippen molar-refractivity contribution in [2.24, 2.45) is 11.8 Å². The highest BCUT2D eigenvalue weighted by atomic mass is 31.1. The topological polar surface area (TPSA) is 0 Å². The first-order valence-corrected chi connectivity index (χ1v) is 6.33. The Morgan fingerprint density at radius 3 is 2.25 bits per heavy atom. The summed E-state index contributed by atoms with van der Waals surface area (Å²) in [7, 11) is 1.10. The van der Waals surface area contributed by atoms with Gasteiger partial charge < -0.3 is 0 Å². The molecule has 0 aliphatic rings. The summed E-state index contributed by atoms with van der Waals surface area (Å²) in [5.74, 6) is 1.54. The van der Waals surface area contributed by atoms with Crippen LogP contribution in [0.3, 0.4) is 0 Å². The van der Waals surface area contributed by atoms with Crippen LogP contribution in [0.5, 0.6) is 0 Å². The molecule has 0 heterocycles. The van der Waals surface area contributed by atoms with Crippen LogP contribution in [-0.4, -0.2) is 12.3 Å². The molecule has 0 radical (unpaired) electrons. The first kappa shape index (κ1) is 12.2. The maximum Gasteiger partial charge on any atom is -0.0142 e. The standard InChI is InChI=1S/C11H23P/c1-9(2)6-7-12-8-11(5)10(3)4/h9-10,12H,5-8H2,1-4H3. The molecule has 0 nitrogen and oxygen atoms in total. The highest BCUT2D eigenvalue weighted by molar-refractivity contribution is 7.38. The molecule has 0 spiro atoms. The van der Waals surface area contributed by atoms with Gasteiger partial charge in [0.05, 0.1) is 0 Å². The third kappa shape index (κ3) is 6.85. The minimum atomic E-state index is 0.677. The number of hydrogen-bond donors (Lipinski definition) is 0. The summed E-state index contributed by atoms with van der Waals surface area (Å²) in [4.78, 5) is 0. The molecule has 0 fully saturated rings. The molecule has 0 aromatic carbocycles. The highest BCUT2D eigenvalue weighted by Gasteiger charge is 2.00. The molecule has 0 rings (SSSR count). The van der Waals surface area contributed by atoms with E-state index in [0.29, 0.717) is 5.92 Å². The molecule has 0 saturated heterocycles. The van der Waals surface area contributed by atoms with Crippen LogP contribution in [0.4, 0.5) is 0 Å². The van der Waals surface area contributed by atoms with Crippen LogP contribution in [0.1, 0.15) is 34.1 Å². The zero-order valence-corrected chi connectivity index (χ0v) is 9.98. The Bertz CT molecular complexity index is 125. The van der Waals surface area contributed by atoms with Gasteiger partial charge in [0, 0.05) is 0 Å².